The first-order valence-corrected chi connectivity index (χ1v) is 15.0. The van der Waals surface area contributed by atoms with Crippen LogP contribution in [0.3, 0.4) is 0 Å². The molecule has 44 heavy (non-hydrogen) atoms. The van der Waals surface area contributed by atoms with Crippen LogP contribution in [-0.4, -0.2) is 67.3 Å². The van der Waals surface area contributed by atoms with E-state index in [1.54, 1.807) is 11.0 Å². The third-order valence-electron chi connectivity index (χ3n) is 7.98. The van der Waals surface area contributed by atoms with Gasteiger partial charge in [0.25, 0.3) is 5.91 Å². The molecule has 1 unspecified atom stereocenters. The highest BCUT2D eigenvalue weighted by Crippen LogP contribution is 2.45. The average molecular weight is 628 g/mol. The van der Waals surface area contributed by atoms with Crippen LogP contribution in [0, 0.1) is 11.6 Å². The van der Waals surface area contributed by atoms with E-state index in [0.717, 1.165) is 36.5 Å². The van der Waals surface area contributed by atoms with Gasteiger partial charge >= 0.3 is 6.16 Å². The fourth-order valence-corrected chi connectivity index (χ4v) is 6.93. The molecule has 3 aromatic rings. The molecule has 3 atom stereocenters. The van der Waals surface area contributed by atoms with E-state index in [2.05, 4.69) is 4.74 Å². The predicted octanol–water partition coefficient (Wildman–Crippen LogP) is 3.90. The van der Waals surface area contributed by atoms with Gasteiger partial charge < -0.3 is 28.6 Å². The second-order valence-corrected chi connectivity index (χ2v) is 11.7. The number of ether oxygens (including phenoxy) is 5. The second kappa shape index (κ2) is 11.4. The summed E-state index contributed by atoms with van der Waals surface area (Å²) in [5.74, 6) is -2.61. The number of aromatic nitrogens is 1. The zero-order valence-electron chi connectivity index (χ0n) is 23.4. The summed E-state index contributed by atoms with van der Waals surface area (Å²) in [4.78, 5) is 41.3. The van der Waals surface area contributed by atoms with E-state index in [1.165, 1.54) is 28.7 Å². The SMILES string of the molecule is COC(=O)OCOc1c2n(ccc1=O)N([C@@H]1c3ccccc3SCc3c1ccc(F)c3F)[C@@H]1COC(OC3CC3)CN1C2=O. The maximum Gasteiger partial charge on any atom is 0.510 e. The van der Waals surface area contributed by atoms with E-state index in [4.69, 9.17) is 18.9 Å². The van der Waals surface area contributed by atoms with Crippen molar-refractivity contribution in [1.82, 2.24) is 9.58 Å². The van der Waals surface area contributed by atoms with Crippen molar-refractivity contribution >= 4 is 23.8 Å². The molecule has 4 aliphatic rings. The Bertz CT molecular complexity index is 1700. The lowest BCUT2D eigenvalue weighted by molar-refractivity contribution is -0.196. The van der Waals surface area contributed by atoms with Gasteiger partial charge in [-0.3, -0.25) is 19.3 Å². The average Bonchev–Trinajstić information content (AvgIpc) is 3.87. The molecule has 0 spiro atoms. The van der Waals surface area contributed by atoms with Crippen LogP contribution in [0.5, 0.6) is 5.75 Å². The van der Waals surface area contributed by atoms with Gasteiger partial charge in [-0.05, 0) is 36.1 Å². The Hall–Kier alpha value is -4.14. The maximum atomic E-state index is 15.4. The molecule has 7 rings (SSSR count). The molecule has 1 aliphatic carbocycles. The molecule has 2 fully saturated rings. The lowest BCUT2D eigenvalue weighted by Crippen LogP contribution is -2.68. The number of rotatable bonds is 6. The van der Waals surface area contributed by atoms with E-state index in [0.29, 0.717) is 5.56 Å². The van der Waals surface area contributed by atoms with Crippen LogP contribution < -0.4 is 15.2 Å². The number of hydrogen-bond acceptors (Lipinski definition) is 10. The van der Waals surface area contributed by atoms with Gasteiger partial charge in [0.15, 0.2) is 23.6 Å². The summed E-state index contributed by atoms with van der Waals surface area (Å²) < 4.78 is 58.5. The predicted molar refractivity (Wildman–Crippen MR) is 151 cm³/mol. The van der Waals surface area contributed by atoms with Crippen molar-refractivity contribution in [2.75, 3.05) is 32.1 Å². The molecule has 230 valence electrons. The van der Waals surface area contributed by atoms with E-state index in [1.807, 2.05) is 29.3 Å². The molecule has 0 N–H and O–H groups in total. The molecule has 1 saturated heterocycles. The van der Waals surface area contributed by atoms with Crippen LogP contribution >= 0.6 is 11.8 Å². The minimum Gasteiger partial charge on any atom is -0.451 e. The molecular formula is C30H27F2N3O8S. The topological polar surface area (TPSA) is 109 Å². The second-order valence-electron chi connectivity index (χ2n) is 10.6. The molecule has 4 heterocycles. The normalized spacial score (nSPS) is 22.2. The number of hydrogen-bond donors (Lipinski definition) is 0. The Morgan fingerprint density at radius 1 is 1.09 bits per heavy atom. The van der Waals surface area contributed by atoms with Gasteiger partial charge in [-0.2, -0.15) is 0 Å². The van der Waals surface area contributed by atoms with Crippen molar-refractivity contribution < 1.29 is 42.1 Å². The highest BCUT2D eigenvalue weighted by atomic mass is 32.2. The Kier molecular flexibility index (Phi) is 7.42. The minimum atomic E-state index is -1.03. The van der Waals surface area contributed by atoms with E-state index in [-0.39, 0.29) is 42.0 Å². The van der Waals surface area contributed by atoms with Crippen LogP contribution in [0.1, 0.15) is 46.1 Å². The molecule has 0 radical (unpaired) electrons. The summed E-state index contributed by atoms with van der Waals surface area (Å²) in [5.41, 5.74) is 0.715. The molecule has 1 aromatic heterocycles. The van der Waals surface area contributed by atoms with Crippen molar-refractivity contribution in [1.29, 1.82) is 0 Å². The number of thioether (sulfide) groups is 1. The van der Waals surface area contributed by atoms with Gasteiger partial charge in [0.1, 0.15) is 6.17 Å². The first-order valence-electron chi connectivity index (χ1n) is 14.0. The number of carbonyl (C=O) groups is 2. The van der Waals surface area contributed by atoms with Crippen LogP contribution in [-0.2, 0) is 24.7 Å². The number of nitrogens with zero attached hydrogens (tertiary/aromatic N) is 3. The number of carbonyl (C=O) groups excluding carboxylic acids is 2. The Morgan fingerprint density at radius 3 is 2.70 bits per heavy atom. The van der Waals surface area contributed by atoms with E-state index >= 15 is 4.39 Å². The Morgan fingerprint density at radius 2 is 1.91 bits per heavy atom. The van der Waals surface area contributed by atoms with Gasteiger partial charge in [0.2, 0.25) is 18.0 Å². The summed E-state index contributed by atoms with van der Waals surface area (Å²) >= 11 is 1.38. The van der Waals surface area contributed by atoms with Gasteiger partial charge in [0, 0.05) is 28.5 Å². The van der Waals surface area contributed by atoms with Gasteiger partial charge in [0.05, 0.1) is 32.4 Å². The lowest BCUT2D eigenvalue weighted by atomic mass is 9.93. The van der Waals surface area contributed by atoms with Gasteiger partial charge in [-0.15, -0.1) is 11.8 Å². The maximum absolute atomic E-state index is 15.4. The zero-order valence-corrected chi connectivity index (χ0v) is 24.3. The summed E-state index contributed by atoms with van der Waals surface area (Å²) in [7, 11) is 1.12. The summed E-state index contributed by atoms with van der Waals surface area (Å²) in [6.07, 6.45) is 0.812. The number of morpholine rings is 1. The fourth-order valence-electron chi connectivity index (χ4n) is 5.82. The monoisotopic (exact) mass is 627 g/mol. The lowest BCUT2D eigenvalue weighted by Gasteiger charge is -2.52. The van der Waals surface area contributed by atoms with Crippen molar-refractivity contribution in [2.24, 2.45) is 0 Å². The van der Waals surface area contributed by atoms with E-state index < -0.39 is 54.4 Å². The summed E-state index contributed by atoms with van der Waals surface area (Å²) in [5, 5.41) is 1.82. The fraction of sp³-hybridized carbons (Fsp3) is 0.367. The number of halogens is 2. The zero-order chi connectivity index (χ0) is 30.5. The largest absolute Gasteiger partial charge is 0.510 e. The summed E-state index contributed by atoms with van der Waals surface area (Å²) in [6, 6.07) is 10.6. The third kappa shape index (κ3) is 4.96. The molecule has 1 amide bonds. The first-order chi connectivity index (χ1) is 21.4. The number of pyridine rings is 1. The van der Waals surface area contributed by atoms with Gasteiger partial charge in [-0.1, -0.05) is 24.3 Å². The number of fused-ring (bicyclic) bond motifs is 4. The van der Waals surface area contributed by atoms with Crippen molar-refractivity contribution in [3.05, 3.63) is 92.9 Å². The molecular weight excluding hydrogens is 600 g/mol. The minimum absolute atomic E-state index is 0.0289. The highest BCUT2D eigenvalue weighted by molar-refractivity contribution is 7.98. The molecule has 1 saturated carbocycles. The first kappa shape index (κ1) is 28.6. The number of amides is 1. The summed E-state index contributed by atoms with van der Waals surface area (Å²) in [6.45, 7) is -0.616. The van der Waals surface area contributed by atoms with Crippen LogP contribution in [0.25, 0.3) is 0 Å². The standard InChI is InChI=1S/C30H27F2N3O8S/c1-39-30(38)42-15-41-28-21(36)10-11-34-27(28)29(37)33-12-24(43-16-6-7-16)40-13-23(33)35(34)26-17-8-9-20(31)25(32)19(17)14-44-22-5-3-2-4-18(22)26/h2-5,8-11,16,23-24,26H,6-7,12-15H2,1H3/t23-,24?,26+/m1/s1. The third-order valence-corrected chi connectivity index (χ3v) is 9.10. The Balaban J connectivity index is 1.41. The molecule has 3 aliphatic heterocycles. The smallest absolute Gasteiger partial charge is 0.451 e. The molecule has 2 aromatic carbocycles. The highest BCUT2D eigenvalue weighted by Gasteiger charge is 2.48. The van der Waals surface area contributed by atoms with Crippen LogP contribution in [0.4, 0.5) is 13.6 Å². The van der Waals surface area contributed by atoms with Crippen molar-refractivity contribution in [3.8, 4) is 5.75 Å². The molecule has 0 bridgehead atoms. The molecule has 11 nitrogen and oxygen atoms in total. The Labute approximate surface area is 254 Å². The van der Waals surface area contributed by atoms with Crippen molar-refractivity contribution in [3.63, 3.8) is 0 Å². The number of methoxy groups -OCH3 is 1. The van der Waals surface area contributed by atoms with Crippen molar-refractivity contribution in [2.45, 2.75) is 48.1 Å². The van der Waals surface area contributed by atoms with Crippen LogP contribution in [0.15, 0.2) is 58.4 Å². The number of benzene rings is 2. The quantitative estimate of drug-likeness (QED) is 0.295. The van der Waals surface area contributed by atoms with Crippen LogP contribution in [0.2, 0.25) is 0 Å². The molecule has 14 heteroatoms. The van der Waals surface area contributed by atoms with Gasteiger partial charge in [-0.25, -0.2) is 13.6 Å². The van der Waals surface area contributed by atoms with E-state index in [9.17, 15) is 18.8 Å².